The molecule has 0 aliphatic heterocycles. The van der Waals surface area contributed by atoms with Gasteiger partial charge in [-0.2, -0.15) is 14.0 Å². The van der Waals surface area contributed by atoms with Crippen molar-refractivity contribution in [2.75, 3.05) is 19.0 Å². The zero-order valence-corrected chi connectivity index (χ0v) is 17.2. The van der Waals surface area contributed by atoms with Gasteiger partial charge in [0.25, 0.3) is 5.91 Å². The van der Waals surface area contributed by atoms with E-state index in [-0.39, 0.29) is 18.0 Å². The van der Waals surface area contributed by atoms with E-state index in [1.54, 1.807) is 18.2 Å². The van der Waals surface area contributed by atoms with E-state index in [4.69, 9.17) is 19.5 Å². The Bertz CT molecular complexity index is 1020. The number of methoxy groups -OCH3 is 1. The summed E-state index contributed by atoms with van der Waals surface area (Å²) in [6.07, 6.45) is 1.35. The number of nitrogens with one attached hydrogen (secondary N) is 1. The van der Waals surface area contributed by atoms with E-state index in [1.807, 2.05) is 6.07 Å². The van der Waals surface area contributed by atoms with Gasteiger partial charge >= 0.3 is 12.6 Å². The maximum atomic E-state index is 12.5. The van der Waals surface area contributed by atoms with Crippen molar-refractivity contribution in [1.82, 2.24) is 0 Å². The van der Waals surface area contributed by atoms with Gasteiger partial charge in [-0.05, 0) is 42.8 Å². The average molecular weight is 446 g/mol. The Morgan fingerprint density at radius 1 is 1.16 bits per heavy atom. The molecule has 1 amide bonds. The Kier molecular flexibility index (Phi) is 8.98. The van der Waals surface area contributed by atoms with Crippen molar-refractivity contribution in [2.24, 2.45) is 0 Å². The quantitative estimate of drug-likeness (QED) is 0.437. The van der Waals surface area contributed by atoms with Crippen molar-refractivity contribution in [1.29, 1.82) is 5.26 Å². The smallest absolute Gasteiger partial charge is 0.387 e. The molecule has 10 heteroatoms. The summed E-state index contributed by atoms with van der Waals surface area (Å²) in [5.74, 6) is -1.000. The minimum absolute atomic E-state index is 0.0158. The van der Waals surface area contributed by atoms with E-state index in [2.05, 4.69) is 10.1 Å². The number of carbonyl (C=O) groups excluding carboxylic acids is 2. The van der Waals surface area contributed by atoms with Gasteiger partial charge < -0.3 is 24.3 Å². The molecular weight excluding hydrogens is 426 g/mol. The zero-order valence-electron chi connectivity index (χ0n) is 17.2. The average Bonchev–Trinajstić information content (AvgIpc) is 2.77. The van der Waals surface area contributed by atoms with Crippen LogP contribution in [0.4, 0.5) is 14.5 Å². The summed E-state index contributed by atoms with van der Waals surface area (Å²) < 4.78 is 44.7. The van der Waals surface area contributed by atoms with Crippen molar-refractivity contribution in [3.8, 4) is 23.3 Å². The lowest BCUT2D eigenvalue weighted by molar-refractivity contribution is -0.148. The van der Waals surface area contributed by atoms with Crippen LogP contribution in [-0.4, -0.2) is 38.3 Å². The van der Waals surface area contributed by atoms with Gasteiger partial charge in [-0.1, -0.05) is 18.2 Å². The molecule has 1 N–H and O–H groups in total. The molecule has 2 aromatic rings. The second kappa shape index (κ2) is 11.9. The Hall–Kier alpha value is -4.13. The molecule has 168 valence electrons. The first-order chi connectivity index (χ1) is 15.3. The summed E-state index contributed by atoms with van der Waals surface area (Å²) in [5.41, 5.74) is 0.598. The van der Waals surface area contributed by atoms with E-state index < -0.39 is 24.6 Å². The van der Waals surface area contributed by atoms with Crippen LogP contribution in [0.15, 0.2) is 48.5 Å². The standard InChI is InChI=1S/C22H20F2N2O6/c1-14(21(28)26-16-5-3-4-6-17(16)32-22(23)24)31-20(27)10-8-15-7-9-18(30-12-11-25)19(13-15)29-2/h3-10,13-14,22H,12H2,1-2H3,(H,26,28)/b10-8+. The number of amides is 1. The third-order valence-electron chi connectivity index (χ3n) is 3.91. The minimum atomic E-state index is -3.06. The van der Waals surface area contributed by atoms with Gasteiger partial charge in [-0.3, -0.25) is 4.79 Å². The number of para-hydroxylation sites is 2. The number of alkyl halides is 2. The normalized spacial score (nSPS) is 11.5. The first-order valence-electron chi connectivity index (χ1n) is 9.25. The minimum Gasteiger partial charge on any atom is -0.493 e. The fraction of sp³-hybridized carbons (Fsp3) is 0.227. The molecular formula is C22H20F2N2O6. The van der Waals surface area contributed by atoms with Crippen LogP contribution in [-0.2, 0) is 14.3 Å². The van der Waals surface area contributed by atoms with E-state index in [0.717, 1.165) is 6.08 Å². The Morgan fingerprint density at radius 3 is 2.59 bits per heavy atom. The monoisotopic (exact) mass is 446 g/mol. The molecule has 0 saturated carbocycles. The number of esters is 1. The second-order valence-corrected chi connectivity index (χ2v) is 6.13. The van der Waals surface area contributed by atoms with Gasteiger partial charge in [-0.15, -0.1) is 0 Å². The third-order valence-corrected chi connectivity index (χ3v) is 3.91. The first-order valence-corrected chi connectivity index (χ1v) is 9.25. The number of halogens is 2. The fourth-order valence-corrected chi connectivity index (χ4v) is 2.45. The summed E-state index contributed by atoms with van der Waals surface area (Å²) >= 11 is 0. The fourth-order valence-electron chi connectivity index (χ4n) is 2.45. The zero-order chi connectivity index (χ0) is 23.5. The largest absolute Gasteiger partial charge is 0.493 e. The molecule has 1 unspecified atom stereocenters. The summed E-state index contributed by atoms with van der Waals surface area (Å²) in [5, 5.41) is 11.0. The number of rotatable bonds is 10. The number of hydrogen-bond donors (Lipinski definition) is 1. The van der Waals surface area contributed by atoms with Gasteiger partial charge in [0, 0.05) is 6.08 Å². The highest BCUT2D eigenvalue weighted by atomic mass is 19.3. The Balaban J connectivity index is 1.97. The van der Waals surface area contributed by atoms with Crippen molar-refractivity contribution >= 4 is 23.6 Å². The lowest BCUT2D eigenvalue weighted by Crippen LogP contribution is -2.29. The maximum Gasteiger partial charge on any atom is 0.387 e. The molecule has 0 bridgehead atoms. The molecule has 0 aliphatic carbocycles. The highest BCUT2D eigenvalue weighted by molar-refractivity contribution is 5.97. The number of benzene rings is 2. The summed E-state index contributed by atoms with van der Waals surface area (Å²) in [6, 6.07) is 12.3. The molecule has 0 radical (unpaired) electrons. The van der Waals surface area contributed by atoms with Gasteiger partial charge in [-0.25, -0.2) is 4.79 Å². The topological polar surface area (TPSA) is 107 Å². The molecule has 2 rings (SSSR count). The number of carbonyl (C=O) groups is 2. The molecule has 32 heavy (non-hydrogen) atoms. The molecule has 0 saturated heterocycles. The lowest BCUT2D eigenvalue weighted by atomic mass is 10.2. The summed E-state index contributed by atoms with van der Waals surface area (Å²) in [7, 11) is 1.43. The molecule has 0 heterocycles. The van der Waals surface area contributed by atoms with E-state index in [1.165, 1.54) is 44.4 Å². The van der Waals surface area contributed by atoms with Crippen LogP contribution in [0.1, 0.15) is 12.5 Å². The number of nitrogens with zero attached hydrogens (tertiary/aromatic N) is 1. The SMILES string of the molecule is COc1cc(/C=C/C(=O)OC(C)C(=O)Nc2ccccc2OC(F)F)ccc1OCC#N. The van der Waals surface area contributed by atoms with Crippen LogP contribution >= 0.6 is 0 Å². The summed E-state index contributed by atoms with van der Waals surface area (Å²) in [6.45, 7) is -1.86. The van der Waals surface area contributed by atoms with E-state index >= 15 is 0 Å². The highest BCUT2D eigenvalue weighted by Crippen LogP contribution is 2.28. The van der Waals surface area contributed by atoms with Gasteiger partial charge in [0.2, 0.25) is 0 Å². The number of hydrogen-bond acceptors (Lipinski definition) is 7. The first kappa shape index (κ1) is 24.1. The van der Waals surface area contributed by atoms with Gasteiger partial charge in [0.1, 0.15) is 11.8 Å². The molecule has 0 spiro atoms. The number of nitriles is 1. The van der Waals surface area contributed by atoms with Crippen LogP contribution < -0.4 is 19.5 Å². The van der Waals surface area contributed by atoms with Crippen molar-refractivity contribution < 1.29 is 37.3 Å². The van der Waals surface area contributed by atoms with Crippen LogP contribution in [0.25, 0.3) is 6.08 Å². The second-order valence-electron chi connectivity index (χ2n) is 6.13. The lowest BCUT2D eigenvalue weighted by Gasteiger charge is -2.15. The molecule has 0 aliphatic rings. The van der Waals surface area contributed by atoms with Crippen LogP contribution in [0.3, 0.4) is 0 Å². The molecule has 1 atom stereocenters. The molecule has 0 aromatic heterocycles. The van der Waals surface area contributed by atoms with E-state index in [0.29, 0.717) is 17.1 Å². The molecule has 0 fully saturated rings. The summed E-state index contributed by atoms with van der Waals surface area (Å²) in [4.78, 5) is 24.3. The Labute approximate surface area is 182 Å². The van der Waals surface area contributed by atoms with Crippen molar-refractivity contribution in [3.05, 3.63) is 54.1 Å². The maximum absolute atomic E-state index is 12.5. The molecule has 2 aromatic carbocycles. The number of anilines is 1. The predicted octanol–water partition coefficient (Wildman–Crippen LogP) is 3.78. The number of ether oxygens (including phenoxy) is 4. The van der Waals surface area contributed by atoms with Crippen LogP contribution in [0, 0.1) is 11.3 Å². The Morgan fingerprint density at radius 2 is 1.91 bits per heavy atom. The van der Waals surface area contributed by atoms with Crippen molar-refractivity contribution in [3.63, 3.8) is 0 Å². The van der Waals surface area contributed by atoms with E-state index in [9.17, 15) is 18.4 Å². The van der Waals surface area contributed by atoms with Crippen LogP contribution in [0.5, 0.6) is 17.2 Å². The predicted molar refractivity (Wildman–Crippen MR) is 110 cm³/mol. The van der Waals surface area contributed by atoms with Crippen LogP contribution in [0.2, 0.25) is 0 Å². The molecule has 8 nitrogen and oxygen atoms in total. The van der Waals surface area contributed by atoms with Crippen molar-refractivity contribution in [2.45, 2.75) is 19.6 Å². The highest BCUT2D eigenvalue weighted by Gasteiger charge is 2.19. The van der Waals surface area contributed by atoms with Gasteiger partial charge in [0.05, 0.1) is 12.8 Å². The van der Waals surface area contributed by atoms with Gasteiger partial charge in [0.15, 0.2) is 24.2 Å². The third kappa shape index (κ3) is 7.28.